The minimum atomic E-state index is -0.437. The van der Waals surface area contributed by atoms with Crippen molar-refractivity contribution >= 4 is 11.7 Å². The number of aliphatic hydroxyl groups excluding tert-OH is 1. The molecule has 1 atom stereocenters. The summed E-state index contributed by atoms with van der Waals surface area (Å²) in [6.07, 6.45) is 3.95. The summed E-state index contributed by atoms with van der Waals surface area (Å²) in [7, 11) is 0. The highest BCUT2D eigenvalue weighted by molar-refractivity contribution is 6.03. The topological polar surface area (TPSA) is 70.4 Å². The van der Waals surface area contributed by atoms with Crippen LogP contribution in [0.1, 0.15) is 42.6 Å². The van der Waals surface area contributed by atoms with E-state index in [9.17, 15) is 14.3 Å². The van der Waals surface area contributed by atoms with Gasteiger partial charge in [0.05, 0.1) is 18.3 Å². The fourth-order valence-electron chi connectivity index (χ4n) is 3.30. The first-order valence-electron chi connectivity index (χ1n) is 9.07. The van der Waals surface area contributed by atoms with Crippen LogP contribution >= 0.6 is 0 Å². The van der Waals surface area contributed by atoms with E-state index < -0.39 is 5.82 Å². The van der Waals surface area contributed by atoms with E-state index in [1.165, 1.54) is 18.2 Å². The zero-order valence-corrected chi connectivity index (χ0v) is 14.9. The molecule has 0 unspecified atom stereocenters. The maximum Gasteiger partial charge on any atom is 0.256 e. The van der Waals surface area contributed by atoms with Crippen molar-refractivity contribution in [2.24, 2.45) is 0 Å². The number of hydrogen-bond acceptors (Lipinski definition) is 4. The number of halogens is 1. The van der Waals surface area contributed by atoms with E-state index in [4.69, 9.17) is 0 Å². The molecule has 0 spiro atoms. The Morgan fingerprint density at radius 2 is 2.15 bits per heavy atom. The number of aliphatic hydroxyl groups is 1. The van der Waals surface area contributed by atoms with Crippen LogP contribution in [0.15, 0.2) is 36.5 Å². The van der Waals surface area contributed by atoms with Crippen LogP contribution in [0.2, 0.25) is 0 Å². The molecular weight excluding hydrogens is 335 g/mol. The molecule has 3 rings (SSSR count). The molecule has 1 fully saturated rings. The van der Waals surface area contributed by atoms with Gasteiger partial charge in [0.2, 0.25) is 0 Å². The Labute approximate surface area is 152 Å². The summed E-state index contributed by atoms with van der Waals surface area (Å²) in [5.41, 5.74) is 0.279. The fraction of sp³-hybridized carbons (Fsp3) is 0.474. The fourth-order valence-corrected chi connectivity index (χ4v) is 3.30. The second-order valence-corrected chi connectivity index (χ2v) is 6.72. The molecule has 1 aliphatic rings. The van der Waals surface area contributed by atoms with Gasteiger partial charge in [0.1, 0.15) is 11.6 Å². The summed E-state index contributed by atoms with van der Waals surface area (Å²) in [6.45, 7) is 4.46. The largest absolute Gasteiger partial charge is 0.392 e. The van der Waals surface area contributed by atoms with Crippen LogP contribution in [-0.2, 0) is 0 Å². The molecule has 6 nitrogen and oxygen atoms in total. The Balaban J connectivity index is 1.61. The Hall–Kier alpha value is -2.25. The lowest BCUT2D eigenvalue weighted by Crippen LogP contribution is -2.39. The molecule has 1 amide bonds. The van der Waals surface area contributed by atoms with Crippen LogP contribution in [0, 0.1) is 5.82 Å². The number of likely N-dealkylation sites (tertiary alicyclic amines) is 1. The molecule has 2 N–H and O–H groups in total. The minimum Gasteiger partial charge on any atom is -0.392 e. The molecule has 2 heterocycles. The predicted molar refractivity (Wildman–Crippen MR) is 97.6 cm³/mol. The second kappa shape index (κ2) is 8.42. The number of carbonyl (C=O) groups is 1. The smallest absolute Gasteiger partial charge is 0.256 e. The van der Waals surface area contributed by atoms with Gasteiger partial charge >= 0.3 is 0 Å². The van der Waals surface area contributed by atoms with Crippen LogP contribution in [0.3, 0.4) is 0 Å². The number of nitrogens with one attached hydrogen (secondary N) is 1. The predicted octanol–water partition coefficient (Wildman–Crippen LogP) is 2.68. The second-order valence-electron chi connectivity index (χ2n) is 6.72. The van der Waals surface area contributed by atoms with Crippen LogP contribution in [-0.4, -0.2) is 51.4 Å². The Morgan fingerprint density at radius 3 is 2.85 bits per heavy atom. The number of aromatic nitrogens is 2. The molecule has 0 bridgehead atoms. The van der Waals surface area contributed by atoms with Gasteiger partial charge in [-0.1, -0.05) is 13.0 Å². The quantitative estimate of drug-likeness (QED) is 0.831. The summed E-state index contributed by atoms with van der Waals surface area (Å²) in [5, 5.41) is 17.0. The van der Waals surface area contributed by atoms with E-state index in [1.54, 1.807) is 18.3 Å². The van der Waals surface area contributed by atoms with E-state index in [0.29, 0.717) is 12.4 Å². The standard InChI is InChI=1S/C19H25FN4O2/c1-2-17(25)13-23-10-7-16(8-11-23)24-18(6-9-21-24)22-19(26)14-4-3-5-15(20)12-14/h3-6,9,12,16-17,25H,2,7-8,10-11,13H2,1H3,(H,22,26)/t17-/m1/s1. The molecule has 0 saturated carbocycles. The Morgan fingerprint density at radius 1 is 1.38 bits per heavy atom. The van der Waals surface area contributed by atoms with E-state index >= 15 is 0 Å². The molecular formula is C19H25FN4O2. The highest BCUT2D eigenvalue weighted by Crippen LogP contribution is 2.25. The first kappa shape index (κ1) is 18.5. The Kier molecular flexibility index (Phi) is 6.00. The van der Waals surface area contributed by atoms with E-state index in [1.807, 2.05) is 11.6 Å². The highest BCUT2D eigenvalue weighted by atomic mass is 19.1. The van der Waals surface area contributed by atoms with Crippen LogP contribution < -0.4 is 5.32 Å². The first-order chi connectivity index (χ1) is 12.6. The lowest BCUT2D eigenvalue weighted by molar-refractivity contribution is 0.0867. The van der Waals surface area contributed by atoms with Gasteiger partial charge in [0.15, 0.2) is 0 Å². The van der Waals surface area contributed by atoms with Crippen molar-refractivity contribution in [1.82, 2.24) is 14.7 Å². The third-order valence-electron chi connectivity index (χ3n) is 4.84. The molecule has 26 heavy (non-hydrogen) atoms. The molecule has 0 aliphatic carbocycles. The molecule has 140 valence electrons. The Bertz CT molecular complexity index is 741. The third kappa shape index (κ3) is 4.47. The molecule has 1 aliphatic heterocycles. The van der Waals surface area contributed by atoms with Gasteiger partial charge in [-0.3, -0.25) is 4.79 Å². The van der Waals surface area contributed by atoms with Crippen LogP contribution in [0.5, 0.6) is 0 Å². The SMILES string of the molecule is CC[C@@H](O)CN1CCC(n2nccc2NC(=O)c2cccc(F)c2)CC1. The number of anilines is 1. The molecule has 1 aromatic carbocycles. The van der Waals surface area contributed by atoms with E-state index in [-0.39, 0.29) is 23.6 Å². The number of β-amino-alcohol motifs (C(OH)–C–C–N with tert-alkyl or cyclic N) is 1. The number of rotatable bonds is 6. The van der Waals surface area contributed by atoms with Crippen molar-refractivity contribution in [3.05, 3.63) is 47.9 Å². The zero-order chi connectivity index (χ0) is 18.5. The normalized spacial score (nSPS) is 17.2. The lowest BCUT2D eigenvalue weighted by Gasteiger charge is -2.33. The zero-order valence-electron chi connectivity index (χ0n) is 14.9. The van der Waals surface area contributed by atoms with Crippen molar-refractivity contribution in [2.75, 3.05) is 25.0 Å². The third-order valence-corrected chi connectivity index (χ3v) is 4.84. The van der Waals surface area contributed by atoms with Crippen LogP contribution in [0.4, 0.5) is 10.2 Å². The molecule has 1 aromatic heterocycles. The van der Waals surface area contributed by atoms with Crippen molar-refractivity contribution in [2.45, 2.75) is 38.3 Å². The van der Waals surface area contributed by atoms with Gasteiger partial charge in [-0.15, -0.1) is 0 Å². The van der Waals surface area contributed by atoms with Crippen LogP contribution in [0.25, 0.3) is 0 Å². The lowest BCUT2D eigenvalue weighted by atomic mass is 10.0. The van der Waals surface area contributed by atoms with Gasteiger partial charge in [0.25, 0.3) is 5.91 Å². The molecule has 7 heteroatoms. The minimum absolute atomic E-state index is 0.197. The molecule has 1 saturated heterocycles. The first-order valence-corrected chi connectivity index (χ1v) is 9.07. The van der Waals surface area contributed by atoms with Gasteiger partial charge in [-0.05, 0) is 37.5 Å². The number of nitrogens with zero attached hydrogens (tertiary/aromatic N) is 3. The summed E-state index contributed by atoms with van der Waals surface area (Å²) in [5.74, 6) is -0.172. The van der Waals surface area contributed by atoms with E-state index in [2.05, 4.69) is 15.3 Å². The maximum atomic E-state index is 13.3. The number of hydrogen-bond donors (Lipinski definition) is 2. The average molecular weight is 360 g/mol. The molecule has 0 radical (unpaired) electrons. The average Bonchev–Trinajstić information content (AvgIpc) is 3.10. The number of carbonyl (C=O) groups excluding carboxylic acids is 1. The van der Waals surface area contributed by atoms with Crippen molar-refractivity contribution in [1.29, 1.82) is 0 Å². The molecule has 2 aromatic rings. The highest BCUT2D eigenvalue weighted by Gasteiger charge is 2.24. The van der Waals surface area contributed by atoms with Gasteiger partial charge in [-0.25, -0.2) is 9.07 Å². The van der Waals surface area contributed by atoms with Gasteiger partial charge < -0.3 is 15.3 Å². The van der Waals surface area contributed by atoms with Gasteiger partial charge in [-0.2, -0.15) is 5.10 Å². The number of amides is 1. The maximum absolute atomic E-state index is 13.3. The summed E-state index contributed by atoms with van der Waals surface area (Å²) >= 11 is 0. The van der Waals surface area contributed by atoms with Crippen molar-refractivity contribution in [3.8, 4) is 0 Å². The van der Waals surface area contributed by atoms with Crippen molar-refractivity contribution < 1.29 is 14.3 Å². The van der Waals surface area contributed by atoms with Gasteiger partial charge in [0, 0.05) is 31.3 Å². The van der Waals surface area contributed by atoms with E-state index in [0.717, 1.165) is 32.4 Å². The summed E-state index contributed by atoms with van der Waals surface area (Å²) in [6, 6.07) is 7.57. The summed E-state index contributed by atoms with van der Waals surface area (Å²) < 4.78 is 15.1. The van der Waals surface area contributed by atoms with Crippen molar-refractivity contribution in [3.63, 3.8) is 0 Å². The monoisotopic (exact) mass is 360 g/mol. The number of piperidine rings is 1. The summed E-state index contributed by atoms with van der Waals surface area (Å²) in [4.78, 5) is 14.6. The number of benzene rings is 1.